The Morgan fingerprint density at radius 2 is 2.20 bits per heavy atom. The molecular formula is C13H26N6O. The first kappa shape index (κ1) is 15.2. The summed E-state index contributed by atoms with van der Waals surface area (Å²) in [6.45, 7) is 9.07. The van der Waals surface area contributed by atoms with E-state index in [4.69, 9.17) is 10.5 Å². The van der Waals surface area contributed by atoms with Gasteiger partial charge in [0.05, 0.1) is 13.2 Å². The molecule has 2 rings (SSSR count). The normalized spacial score (nSPS) is 25.1. The number of nitrogens with two attached hydrogens (primary N) is 1. The van der Waals surface area contributed by atoms with E-state index in [1.165, 1.54) is 0 Å². The van der Waals surface area contributed by atoms with E-state index >= 15 is 0 Å². The lowest BCUT2D eigenvalue weighted by Gasteiger charge is -2.33. The summed E-state index contributed by atoms with van der Waals surface area (Å²) in [5.74, 6) is 0.775. The van der Waals surface area contributed by atoms with E-state index in [0.29, 0.717) is 0 Å². The molecule has 0 aromatic rings. The Labute approximate surface area is 121 Å². The van der Waals surface area contributed by atoms with Gasteiger partial charge < -0.3 is 15.4 Å². The molecule has 114 valence electrons. The van der Waals surface area contributed by atoms with Crippen molar-refractivity contribution in [1.82, 2.24) is 20.5 Å². The molecule has 0 aromatic heterocycles. The molecule has 3 N–H and O–H groups in total. The third-order valence-electron chi connectivity index (χ3n) is 3.51. The standard InChI is InChI=1S/C13H26N6O/c1-12(18-6-8-20-9-7-18)15-11-17(2)16-19-5-3-4-13(14)10-19/h11,13,16H,1,3-10,14H2,2H3/b15-11-/t13-/m1/s1. The molecule has 2 heterocycles. The van der Waals surface area contributed by atoms with Gasteiger partial charge in [0.1, 0.15) is 12.2 Å². The van der Waals surface area contributed by atoms with Crippen LogP contribution in [-0.2, 0) is 4.74 Å². The van der Waals surface area contributed by atoms with E-state index in [0.717, 1.165) is 58.1 Å². The molecule has 2 aliphatic heterocycles. The molecule has 2 saturated heterocycles. The fraction of sp³-hybridized carbons (Fsp3) is 0.769. The van der Waals surface area contributed by atoms with Gasteiger partial charge in [-0.25, -0.2) is 10.0 Å². The van der Waals surface area contributed by atoms with Gasteiger partial charge in [0.15, 0.2) is 0 Å². The number of aliphatic imine (C=N–C) groups is 1. The Kier molecular flexibility index (Phi) is 5.78. The van der Waals surface area contributed by atoms with Gasteiger partial charge in [-0.2, -0.15) is 5.53 Å². The zero-order valence-electron chi connectivity index (χ0n) is 12.3. The van der Waals surface area contributed by atoms with E-state index in [2.05, 4.69) is 27.0 Å². The van der Waals surface area contributed by atoms with E-state index in [1.54, 1.807) is 6.34 Å². The predicted octanol–water partition coefficient (Wildman–Crippen LogP) is -0.407. The summed E-state index contributed by atoms with van der Waals surface area (Å²) in [5.41, 5.74) is 9.21. The SMILES string of the molecule is C=C(/N=C\N(C)NN1CCC[C@@H](N)C1)N1CCOCC1. The van der Waals surface area contributed by atoms with Gasteiger partial charge in [0.2, 0.25) is 0 Å². The van der Waals surface area contributed by atoms with Crippen LogP contribution in [0.3, 0.4) is 0 Å². The van der Waals surface area contributed by atoms with Crippen molar-refractivity contribution in [3.05, 3.63) is 12.4 Å². The summed E-state index contributed by atoms with van der Waals surface area (Å²) in [4.78, 5) is 6.52. The minimum Gasteiger partial charge on any atom is -0.378 e. The van der Waals surface area contributed by atoms with Crippen molar-refractivity contribution in [2.45, 2.75) is 18.9 Å². The van der Waals surface area contributed by atoms with Crippen LogP contribution in [0, 0.1) is 0 Å². The Morgan fingerprint density at radius 1 is 1.45 bits per heavy atom. The molecule has 0 saturated carbocycles. The summed E-state index contributed by atoms with van der Waals surface area (Å²) < 4.78 is 5.31. The number of nitrogens with one attached hydrogen (secondary N) is 1. The molecule has 0 spiro atoms. The van der Waals surface area contributed by atoms with Crippen molar-refractivity contribution in [2.75, 3.05) is 46.4 Å². The molecule has 0 radical (unpaired) electrons. The lowest BCUT2D eigenvalue weighted by Crippen LogP contribution is -2.54. The molecule has 0 bridgehead atoms. The highest BCUT2D eigenvalue weighted by Crippen LogP contribution is 2.07. The van der Waals surface area contributed by atoms with E-state index < -0.39 is 0 Å². The molecular weight excluding hydrogens is 256 g/mol. The monoisotopic (exact) mass is 282 g/mol. The lowest BCUT2D eigenvalue weighted by molar-refractivity contribution is 0.0526. The van der Waals surface area contributed by atoms with Crippen molar-refractivity contribution in [3.63, 3.8) is 0 Å². The maximum Gasteiger partial charge on any atom is 0.123 e. The number of rotatable bonds is 5. The number of hydrazine groups is 2. The zero-order chi connectivity index (χ0) is 14.4. The maximum absolute atomic E-state index is 5.95. The van der Waals surface area contributed by atoms with Gasteiger partial charge in [0, 0.05) is 39.3 Å². The fourth-order valence-electron chi connectivity index (χ4n) is 2.41. The molecule has 20 heavy (non-hydrogen) atoms. The van der Waals surface area contributed by atoms with Gasteiger partial charge in [0.25, 0.3) is 0 Å². The molecule has 1 atom stereocenters. The van der Waals surface area contributed by atoms with Crippen LogP contribution in [0.25, 0.3) is 0 Å². The van der Waals surface area contributed by atoms with Crippen LogP contribution in [0.2, 0.25) is 0 Å². The molecule has 0 aliphatic carbocycles. The van der Waals surface area contributed by atoms with Crippen molar-refractivity contribution in [1.29, 1.82) is 0 Å². The predicted molar refractivity (Wildman–Crippen MR) is 79.7 cm³/mol. The maximum atomic E-state index is 5.95. The number of hydrogen-bond acceptors (Lipinski definition) is 6. The van der Waals surface area contributed by atoms with Crippen molar-refractivity contribution in [3.8, 4) is 0 Å². The average Bonchev–Trinajstić information content (AvgIpc) is 2.46. The summed E-state index contributed by atoms with van der Waals surface area (Å²) >= 11 is 0. The molecule has 7 heteroatoms. The van der Waals surface area contributed by atoms with Crippen LogP contribution in [-0.4, -0.2) is 73.7 Å². The number of ether oxygens (including phenoxy) is 1. The quantitative estimate of drug-likeness (QED) is 0.406. The summed E-state index contributed by atoms with van der Waals surface area (Å²) in [6, 6.07) is 0.255. The third-order valence-corrected chi connectivity index (χ3v) is 3.51. The minimum absolute atomic E-state index is 0.255. The van der Waals surface area contributed by atoms with Gasteiger partial charge in [-0.15, -0.1) is 0 Å². The van der Waals surface area contributed by atoms with E-state index in [1.807, 2.05) is 12.1 Å². The summed E-state index contributed by atoms with van der Waals surface area (Å²) in [5, 5.41) is 3.96. The Bertz CT molecular complexity index is 342. The molecule has 2 fully saturated rings. The van der Waals surface area contributed by atoms with Crippen LogP contribution >= 0.6 is 0 Å². The zero-order valence-corrected chi connectivity index (χ0v) is 12.3. The van der Waals surface area contributed by atoms with Crippen LogP contribution in [0.1, 0.15) is 12.8 Å². The Morgan fingerprint density at radius 3 is 2.90 bits per heavy atom. The van der Waals surface area contributed by atoms with Crippen LogP contribution in [0.4, 0.5) is 0 Å². The third kappa shape index (κ3) is 4.75. The second kappa shape index (κ2) is 7.58. The summed E-state index contributed by atoms with van der Waals surface area (Å²) in [7, 11) is 1.93. The Hall–Kier alpha value is -1.15. The van der Waals surface area contributed by atoms with Crippen molar-refractivity contribution >= 4 is 6.34 Å². The van der Waals surface area contributed by atoms with Crippen LogP contribution < -0.4 is 11.3 Å². The second-order valence-corrected chi connectivity index (χ2v) is 5.32. The second-order valence-electron chi connectivity index (χ2n) is 5.32. The van der Waals surface area contributed by atoms with Crippen LogP contribution in [0.15, 0.2) is 17.4 Å². The first-order chi connectivity index (χ1) is 9.65. The van der Waals surface area contributed by atoms with Gasteiger partial charge >= 0.3 is 0 Å². The minimum atomic E-state index is 0.255. The number of morpholine rings is 1. The number of piperidine rings is 1. The highest BCUT2D eigenvalue weighted by atomic mass is 16.5. The highest BCUT2D eigenvalue weighted by molar-refractivity contribution is 5.55. The smallest absolute Gasteiger partial charge is 0.123 e. The van der Waals surface area contributed by atoms with E-state index in [-0.39, 0.29) is 6.04 Å². The summed E-state index contributed by atoms with van der Waals surface area (Å²) in [6.07, 6.45) is 3.97. The molecule has 0 unspecified atom stereocenters. The molecule has 2 aliphatic rings. The van der Waals surface area contributed by atoms with Gasteiger partial charge in [-0.1, -0.05) is 6.58 Å². The molecule has 0 aromatic carbocycles. The largest absolute Gasteiger partial charge is 0.378 e. The first-order valence-electron chi connectivity index (χ1n) is 7.20. The lowest BCUT2D eigenvalue weighted by atomic mass is 10.1. The number of hydrogen-bond donors (Lipinski definition) is 2. The highest BCUT2D eigenvalue weighted by Gasteiger charge is 2.16. The van der Waals surface area contributed by atoms with Crippen molar-refractivity contribution < 1.29 is 4.74 Å². The first-order valence-corrected chi connectivity index (χ1v) is 7.20. The van der Waals surface area contributed by atoms with Gasteiger partial charge in [-0.05, 0) is 12.8 Å². The molecule has 0 amide bonds. The van der Waals surface area contributed by atoms with E-state index in [9.17, 15) is 0 Å². The van der Waals surface area contributed by atoms with Crippen LogP contribution in [0.5, 0.6) is 0 Å². The van der Waals surface area contributed by atoms with Gasteiger partial charge in [-0.3, -0.25) is 5.01 Å². The fourth-order valence-corrected chi connectivity index (χ4v) is 2.41. The Balaban J connectivity index is 1.73. The van der Waals surface area contributed by atoms with Crippen molar-refractivity contribution in [2.24, 2.45) is 10.7 Å². The average molecular weight is 282 g/mol. The number of nitrogens with zero attached hydrogens (tertiary/aromatic N) is 4. The molecule has 7 nitrogen and oxygen atoms in total. The topological polar surface area (TPSA) is 69.4 Å².